The van der Waals surface area contributed by atoms with Gasteiger partial charge >= 0.3 is 12.1 Å². The Balaban J connectivity index is 2.04. The van der Waals surface area contributed by atoms with E-state index in [4.69, 9.17) is 4.74 Å². The molecule has 0 unspecified atom stereocenters. The zero-order chi connectivity index (χ0) is 20.0. The van der Waals surface area contributed by atoms with Gasteiger partial charge < -0.3 is 19.5 Å². The largest absolute Gasteiger partial charge is 0.508 e. The molecule has 1 N–H and O–H groups in total. The molecule has 0 aromatic carbocycles. The van der Waals surface area contributed by atoms with Crippen LogP contribution in [-0.4, -0.2) is 71.3 Å². The van der Waals surface area contributed by atoms with Crippen LogP contribution in [0.3, 0.4) is 0 Å². The second-order valence-corrected chi connectivity index (χ2v) is 8.73. The number of hydrogen-bond donors (Lipinski definition) is 1. The second-order valence-electron chi connectivity index (χ2n) is 6.26. The van der Waals surface area contributed by atoms with Gasteiger partial charge in [-0.05, 0) is 25.1 Å². The van der Waals surface area contributed by atoms with Gasteiger partial charge in [-0.3, -0.25) is 9.78 Å². The van der Waals surface area contributed by atoms with Crippen molar-refractivity contribution in [2.24, 2.45) is 0 Å². The molecular weight excluding hydrogens is 380 g/mol. The third-order valence-electron chi connectivity index (χ3n) is 4.67. The van der Waals surface area contributed by atoms with E-state index in [2.05, 4.69) is 9.72 Å². The third kappa shape index (κ3) is 2.65. The normalized spacial score (nSPS) is 29.8. The van der Waals surface area contributed by atoms with Crippen molar-refractivity contribution in [3.8, 4) is 0 Å². The number of aliphatic carboxylic acids is 1. The Hall–Kier alpha value is -2.95. The van der Waals surface area contributed by atoms with Gasteiger partial charge in [-0.1, -0.05) is 6.07 Å². The Morgan fingerprint density at radius 3 is 2.67 bits per heavy atom. The molecule has 1 aromatic heterocycles. The number of nitrogens with zero attached hydrogens (tertiary/aromatic N) is 2. The van der Waals surface area contributed by atoms with E-state index in [0.717, 1.165) is 18.9 Å². The molecule has 0 aliphatic carbocycles. The third-order valence-corrected chi connectivity index (χ3v) is 7.38. The molecule has 0 bridgehead atoms. The Morgan fingerprint density at radius 1 is 1.41 bits per heavy atom. The molecule has 1 aromatic rings. The maximum absolute atomic E-state index is 13.1. The molecule has 3 rings (SSSR count). The average molecular weight is 396 g/mol. The molecule has 2 aliphatic rings. The van der Waals surface area contributed by atoms with E-state index in [-0.39, 0.29) is 5.57 Å². The lowest BCUT2D eigenvalue weighted by Crippen LogP contribution is -2.59. The molecular formula is C16H16N2O8S. The van der Waals surface area contributed by atoms with Gasteiger partial charge in [0.05, 0.1) is 18.4 Å². The number of carbonyl (C=O) groups is 3. The maximum Gasteiger partial charge on any atom is 0.508 e. The molecule has 1 amide bonds. The quantitative estimate of drug-likeness (QED) is 0.425. The van der Waals surface area contributed by atoms with Crippen molar-refractivity contribution < 1.29 is 37.4 Å². The Bertz CT molecular complexity index is 942. The van der Waals surface area contributed by atoms with Crippen LogP contribution < -0.4 is 0 Å². The summed E-state index contributed by atoms with van der Waals surface area (Å²) in [4.78, 5) is 40.3. The van der Waals surface area contributed by atoms with Gasteiger partial charge in [0.25, 0.3) is 5.91 Å². The number of ether oxygens (including phenoxy) is 2. The van der Waals surface area contributed by atoms with E-state index in [1.54, 1.807) is 18.2 Å². The molecule has 10 nitrogen and oxygen atoms in total. The lowest BCUT2D eigenvalue weighted by Gasteiger charge is -2.37. The number of rotatable bonds is 4. The van der Waals surface area contributed by atoms with Gasteiger partial charge in [-0.2, -0.15) is 0 Å². The van der Waals surface area contributed by atoms with Crippen LogP contribution in [0.5, 0.6) is 0 Å². The first-order chi connectivity index (χ1) is 12.6. The molecule has 3 heterocycles. The van der Waals surface area contributed by atoms with E-state index >= 15 is 0 Å². The summed E-state index contributed by atoms with van der Waals surface area (Å²) in [5.41, 5.74) is 0.281. The van der Waals surface area contributed by atoms with Crippen LogP contribution in [0.1, 0.15) is 12.6 Å². The number of hydrogen-bond acceptors (Lipinski definition) is 8. The zero-order valence-corrected chi connectivity index (χ0v) is 15.2. The molecule has 144 valence electrons. The number of amides is 1. The van der Waals surface area contributed by atoms with Gasteiger partial charge in [0.2, 0.25) is 0 Å². The van der Waals surface area contributed by atoms with Crippen molar-refractivity contribution in [2.45, 2.75) is 23.1 Å². The van der Waals surface area contributed by atoms with E-state index < -0.39 is 50.6 Å². The van der Waals surface area contributed by atoms with Gasteiger partial charge in [0, 0.05) is 6.20 Å². The number of sulfone groups is 1. The number of carboxylic acids is 1. The highest BCUT2D eigenvalue weighted by Crippen LogP contribution is 2.49. The first-order valence-electron chi connectivity index (χ1n) is 7.77. The number of fused-ring (bicyclic) bond motifs is 1. The highest BCUT2D eigenvalue weighted by atomic mass is 32.2. The number of methoxy groups -OCH3 is 1. The Morgan fingerprint density at radius 2 is 2.11 bits per heavy atom. The molecule has 2 fully saturated rings. The van der Waals surface area contributed by atoms with Crippen molar-refractivity contribution in [3.05, 3.63) is 35.7 Å². The van der Waals surface area contributed by atoms with Gasteiger partial charge in [0.15, 0.2) is 21.3 Å². The molecule has 0 spiro atoms. The SMILES string of the molecule is COC(=O)OC[C@@]1(C)[C@H](C(=O)O)N2C(=O)/C(=C/c3ccccn3)[C@H]2S1(=O)=O. The van der Waals surface area contributed by atoms with Crippen molar-refractivity contribution in [2.75, 3.05) is 13.7 Å². The van der Waals surface area contributed by atoms with E-state index in [1.807, 2.05) is 0 Å². The Labute approximate surface area is 154 Å². The molecule has 11 heteroatoms. The molecule has 2 saturated heterocycles. The first-order valence-corrected chi connectivity index (χ1v) is 9.32. The summed E-state index contributed by atoms with van der Waals surface area (Å²) in [5.74, 6) is -2.23. The topological polar surface area (TPSA) is 140 Å². The standard InChI is InChI=1S/C16H16N2O8S/c1-16(8-26-15(22)25-2)11(14(20)21)18-12(19)10(13(18)27(16,23)24)7-9-5-3-4-6-17-9/h3-7,11,13H,8H2,1-2H3,(H,20,21)/b10-7-/t11-,13+,16-/m0/s1. The number of carboxylic acid groups (broad SMARTS) is 1. The number of β-lactam (4-membered cyclic amide) rings is 1. The summed E-state index contributed by atoms with van der Waals surface area (Å²) < 4.78 is 33.2. The summed E-state index contributed by atoms with van der Waals surface area (Å²) >= 11 is 0. The highest BCUT2D eigenvalue weighted by molar-refractivity contribution is 7.94. The second kappa shape index (κ2) is 6.34. The van der Waals surface area contributed by atoms with E-state index in [1.165, 1.54) is 12.3 Å². The van der Waals surface area contributed by atoms with E-state index in [0.29, 0.717) is 5.69 Å². The van der Waals surface area contributed by atoms with Gasteiger partial charge in [-0.15, -0.1) is 0 Å². The van der Waals surface area contributed by atoms with E-state index in [9.17, 15) is 27.9 Å². The lowest BCUT2D eigenvalue weighted by atomic mass is 9.94. The molecule has 0 radical (unpaired) electrons. The van der Waals surface area contributed by atoms with Crippen LogP contribution in [0.25, 0.3) is 6.08 Å². The lowest BCUT2D eigenvalue weighted by molar-refractivity contribution is -0.153. The zero-order valence-electron chi connectivity index (χ0n) is 14.4. The van der Waals surface area contributed by atoms with Crippen molar-refractivity contribution >= 4 is 33.9 Å². The molecule has 27 heavy (non-hydrogen) atoms. The summed E-state index contributed by atoms with van der Waals surface area (Å²) in [5, 5.41) is 8.11. The van der Waals surface area contributed by atoms with Crippen molar-refractivity contribution in [1.82, 2.24) is 9.88 Å². The van der Waals surface area contributed by atoms with Crippen LogP contribution in [0, 0.1) is 0 Å². The minimum absolute atomic E-state index is 0.0817. The minimum Gasteiger partial charge on any atom is -0.480 e. The van der Waals surface area contributed by atoms with Crippen LogP contribution in [0.15, 0.2) is 30.0 Å². The fraction of sp³-hybridized carbons (Fsp3) is 0.375. The first kappa shape index (κ1) is 18.8. The smallest absolute Gasteiger partial charge is 0.480 e. The highest BCUT2D eigenvalue weighted by Gasteiger charge is 2.72. The predicted molar refractivity (Wildman–Crippen MR) is 90.0 cm³/mol. The van der Waals surface area contributed by atoms with Crippen LogP contribution in [0.2, 0.25) is 0 Å². The molecule has 0 saturated carbocycles. The fourth-order valence-electron chi connectivity index (χ4n) is 3.28. The number of carbonyl (C=O) groups excluding carboxylic acids is 2. The summed E-state index contributed by atoms with van der Waals surface area (Å²) in [6.45, 7) is 0.365. The maximum atomic E-state index is 13.1. The number of aromatic nitrogens is 1. The van der Waals surface area contributed by atoms with Crippen molar-refractivity contribution in [3.63, 3.8) is 0 Å². The summed E-state index contributed by atoms with van der Waals surface area (Å²) in [7, 11) is -3.20. The number of pyridine rings is 1. The average Bonchev–Trinajstić information content (AvgIpc) is 2.80. The summed E-state index contributed by atoms with van der Waals surface area (Å²) in [6.07, 6.45) is 1.64. The van der Waals surface area contributed by atoms with Crippen LogP contribution in [-0.2, 0) is 28.9 Å². The van der Waals surface area contributed by atoms with Crippen molar-refractivity contribution in [1.29, 1.82) is 0 Å². The predicted octanol–water partition coefficient (Wildman–Crippen LogP) is 0.0566. The van der Waals surface area contributed by atoms with Crippen LogP contribution in [0.4, 0.5) is 4.79 Å². The van der Waals surface area contributed by atoms with Gasteiger partial charge in [0.1, 0.15) is 11.4 Å². The van der Waals surface area contributed by atoms with Crippen LogP contribution >= 0.6 is 0 Å². The minimum atomic E-state index is -4.23. The fourth-order valence-corrected chi connectivity index (χ4v) is 5.55. The Kier molecular flexibility index (Phi) is 4.42. The molecule has 2 aliphatic heterocycles. The molecule has 3 atom stereocenters. The van der Waals surface area contributed by atoms with Gasteiger partial charge in [-0.25, -0.2) is 18.0 Å². The summed E-state index contributed by atoms with van der Waals surface area (Å²) in [6, 6.07) is 3.20. The monoisotopic (exact) mass is 396 g/mol.